The minimum absolute atomic E-state index is 0.120. The van der Waals surface area contributed by atoms with Crippen LogP contribution < -0.4 is 5.32 Å². The van der Waals surface area contributed by atoms with E-state index in [0.29, 0.717) is 24.9 Å². The van der Waals surface area contributed by atoms with Crippen LogP contribution in [0.2, 0.25) is 0 Å². The number of amides is 2. The summed E-state index contributed by atoms with van der Waals surface area (Å²) in [6.45, 7) is 2.68. The van der Waals surface area contributed by atoms with Crippen LogP contribution in [0.5, 0.6) is 0 Å². The first-order valence-electron chi connectivity index (χ1n) is 7.93. The van der Waals surface area contributed by atoms with Gasteiger partial charge in [-0.2, -0.15) is 0 Å². The highest BCUT2D eigenvalue weighted by atomic mass is 16.5. The normalized spacial score (nSPS) is 20.8. The summed E-state index contributed by atoms with van der Waals surface area (Å²) < 4.78 is 10.4. The highest BCUT2D eigenvalue weighted by Crippen LogP contribution is 2.29. The standard InChI is InChI=1S/C16H22N2O4/c19-15(5-7-17-16(20)14-2-1-8-22-14)18(13-3-4-13)10-12-6-9-21-11-12/h1-2,8,12-13H,3-7,9-11H2,(H,17,20). The maximum Gasteiger partial charge on any atom is 0.286 e. The van der Waals surface area contributed by atoms with E-state index in [1.54, 1.807) is 12.1 Å². The van der Waals surface area contributed by atoms with Gasteiger partial charge in [0.15, 0.2) is 5.76 Å². The molecule has 2 fully saturated rings. The van der Waals surface area contributed by atoms with Crippen molar-refractivity contribution in [2.75, 3.05) is 26.3 Å². The third-order valence-electron chi connectivity index (χ3n) is 4.16. The van der Waals surface area contributed by atoms with Gasteiger partial charge in [0.25, 0.3) is 5.91 Å². The fourth-order valence-electron chi connectivity index (χ4n) is 2.77. The maximum atomic E-state index is 12.4. The number of carbonyl (C=O) groups excluding carboxylic acids is 2. The first-order chi connectivity index (χ1) is 10.7. The zero-order chi connectivity index (χ0) is 15.4. The molecule has 0 radical (unpaired) electrons. The average molecular weight is 306 g/mol. The Morgan fingerprint density at radius 1 is 1.32 bits per heavy atom. The van der Waals surface area contributed by atoms with Crippen LogP contribution in [0.1, 0.15) is 36.2 Å². The molecule has 3 rings (SSSR count). The van der Waals surface area contributed by atoms with E-state index in [1.807, 2.05) is 4.90 Å². The molecule has 1 aliphatic carbocycles. The number of nitrogens with zero attached hydrogens (tertiary/aromatic N) is 1. The average Bonchev–Trinajstić information content (AvgIpc) is 3.02. The van der Waals surface area contributed by atoms with E-state index in [9.17, 15) is 9.59 Å². The predicted molar refractivity (Wildman–Crippen MR) is 79.3 cm³/mol. The number of furan rings is 1. The molecule has 1 aromatic rings. The fourth-order valence-corrected chi connectivity index (χ4v) is 2.77. The molecule has 0 spiro atoms. The van der Waals surface area contributed by atoms with Crippen molar-refractivity contribution in [1.29, 1.82) is 0 Å². The van der Waals surface area contributed by atoms with E-state index in [4.69, 9.17) is 9.15 Å². The van der Waals surface area contributed by atoms with Crippen molar-refractivity contribution in [2.45, 2.75) is 31.7 Å². The smallest absolute Gasteiger partial charge is 0.286 e. The molecular formula is C16H22N2O4. The van der Waals surface area contributed by atoms with Crippen molar-refractivity contribution in [3.63, 3.8) is 0 Å². The highest BCUT2D eigenvalue weighted by molar-refractivity contribution is 5.91. The summed E-state index contributed by atoms with van der Waals surface area (Å²) in [5, 5.41) is 2.72. The van der Waals surface area contributed by atoms with Gasteiger partial charge in [-0.15, -0.1) is 0 Å². The highest BCUT2D eigenvalue weighted by Gasteiger charge is 2.34. The molecule has 0 aromatic carbocycles. The molecule has 2 amide bonds. The van der Waals surface area contributed by atoms with Gasteiger partial charge in [-0.25, -0.2) is 0 Å². The summed E-state index contributed by atoms with van der Waals surface area (Å²) in [7, 11) is 0. The minimum atomic E-state index is -0.278. The Labute approximate surface area is 129 Å². The van der Waals surface area contributed by atoms with E-state index in [2.05, 4.69) is 5.32 Å². The van der Waals surface area contributed by atoms with Crippen LogP contribution >= 0.6 is 0 Å². The lowest BCUT2D eigenvalue weighted by Gasteiger charge is -2.25. The Morgan fingerprint density at radius 2 is 2.18 bits per heavy atom. The number of nitrogens with one attached hydrogen (secondary N) is 1. The van der Waals surface area contributed by atoms with Crippen molar-refractivity contribution in [3.05, 3.63) is 24.2 Å². The summed E-state index contributed by atoms with van der Waals surface area (Å²) in [6, 6.07) is 3.67. The van der Waals surface area contributed by atoms with Gasteiger partial charge in [0.1, 0.15) is 0 Å². The van der Waals surface area contributed by atoms with Crippen molar-refractivity contribution in [2.24, 2.45) is 5.92 Å². The number of carbonyl (C=O) groups is 2. The molecule has 1 unspecified atom stereocenters. The van der Waals surface area contributed by atoms with Gasteiger partial charge in [0.05, 0.1) is 12.9 Å². The molecule has 120 valence electrons. The molecule has 2 aliphatic rings. The third kappa shape index (κ3) is 3.88. The van der Waals surface area contributed by atoms with Gasteiger partial charge < -0.3 is 19.4 Å². The summed E-state index contributed by atoms with van der Waals surface area (Å²) in [5.41, 5.74) is 0. The molecule has 6 heteroatoms. The number of hydrogen-bond acceptors (Lipinski definition) is 4. The van der Waals surface area contributed by atoms with Gasteiger partial charge in [-0.1, -0.05) is 0 Å². The topological polar surface area (TPSA) is 71.8 Å². The molecular weight excluding hydrogens is 284 g/mol. The van der Waals surface area contributed by atoms with Crippen LogP contribution in [0.25, 0.3) is 0 Å². The van der Waals surface area contributed by atoms with Crippen LogP contribution in [0.3, 0.4) is 0 Å². The molecule has 1 aromatic heterocycles. The van der Waals surface area contributed by atoms with Crippen LogP contribution in [-0.4, -0.2) is 49.1 Å². The van der Waals surface area contributed by atoms with Gasteiger partial charge in [0, 0.05) is 38.1 Å². The van der Waals surface area contributed by atoms with Crippen LogP contribution in [0, 0.1) is 5.92 Å². The van der Waals surface area contributed by atoms with Crippen molar-refractivity contribution in [3.8, 4) is 0 Å². The van der Waals surface area contributed by atoms with Crippen LogP contribution in [0.4, 0.5) is 0 Å². The minimum Gasteiger partial charge on any atom is -0.459 e. The van der Waals surface area contributed by atoms with Gasteiger partial charge in [-0.3, -0.25) is 9.59 Å². The van der Waals surface area contributed by atoms with Crippen molar-refractivity contribution in [1.82, 2.24) is 10.2 Å². The lowest BCUT2D eigenvalue weighted by Crippen LogP contribution is -2.39. The quantitative estimate of drug-likeness (QED) is 0.827. The summed E-state index contributed by atoms with van der Waals surface area (Å²) in [4.78, 5) is 26.1. The number of ether oxygens (including phenoxy) is 1. The molecule has 1 N–H and O–H groups in total. The molecule has 1 aliphatic heterocycles. The van der Waals surface area contributed by atoms with E-state index < -0.39 is 0 Å². The van der Waals surface area contributed by atoms with E-state index in [0.717, 1.165) is 39.0 Å². The zero-order valence-corrected chi connectivity index (χ0v) is 12.6. The molecule has 22 heavy (non-hydrogen) atoms. The van der Waals surface area contributed by atoms with Crippen molar-refractivity contribution >= 4 is 11.8 Å². The van der Waals surface area contributed by atoms with E-state index >= 15 is 0 Å². The van der Waals surface area contributed by atoms with Crippen molar-refractivity contribution < 1.29 is 18.7 Å². The second kappa shape index (κ2) is 6.96. The first-order valence-corrected chi connectivity index (χ1v) is 7.93. The largest absolute Gasteiger partial charge is 0.459 e. The lowest BCUT2D eigenvalue weighted by molar-refractivity contribution is -0.132. The van der Waals surface area contributed by atoms with Gasteiger partial charge in [0.2, 0.25) is 5.91 Å². The monoisotopic (exact) mass is 306 g/mol. The van der Waals surface area contributed by atoms with Gasteiger partial charge in [-0.05, 0) is 31.4 Å². The Morgan fingerprint density at radius 3 is 2.82 bits per heavy atom. The van der Waals surface area contributed by atoms with Crippen LogP contribution in [-0.2, 0) is 9.53 Å². The molecule has 0 bridgehead atoms. The van der Waals surface area contributed by atoms with Crippen LogP contribution in [0.15, 0.2) is 22.8 Å². The zero-order valence-electron chi connectivity index (χ0n) is 12.6. The molecule has 2 heterocycles. The summed E-state index contributed by atoms with van der Waals surface area (Å²) in [5.74, 6) is 0.575. The molecule has 1 saturated heterocycles. The van der Waals surface area contributed by atoms with Gasteiger partial charge >= 0.3 is 0 Å². The number of hydrogen-bond donors (Lipinski definition) is 1. The second-order valence-corrected chi connectivity index (χ2v) is 5.99. The molecule has 6 nitrogen and oxygen atoms in total. The molecule has 1 saturated carbocycles. The number of rotatable bonds is 7. The Hall–Kier alpha value is -1.82. The first kappa shape index (κ1) is 15.1. The third-order valence-corrected chi connectivity index (χ3v) is 4.16. The predicted octanol–water partition coefficient (Wildman–Crippen LogP) is 1.43. The van der Waals surface area contributed by atoms with E-state index in [1.165, 1.54) is 6.26 Å². The Kier molecular flexibility index (Phi) is 4.77. The SMILES string of the molecule is O=C(NCCC(=O)N(CC1CCOC1)C1CC1)c1ccco1. The Balaban J connectivity index is 1.43. The lowest BCUT2D eigenvalue weighted by atomic mass is 10.1. The second-order valence-electron chi connectivity index (χ2n) is 5.99. The van der Waals surface area contributed by atoms with E-state index in [-0.39, 0.29) is 17.6 Å². The molecule has 1 atom stereocenters. The summed E-state index contributed by atoms with van der Waals surface area (Å²) >= 11 is 0. The fraction of sp³-hybridized carbons (Fsp3) is 0.625. The Bertz CT molecular complexity index is 504. The summed E-state index contributed by atoms with van der Waals surface area (Å²) in [6.07, 6.45) is 5.01. The maximum absolute atomic E-state index is 12.4.